The van der Waals surface area contributed by atoms with Crippen LogP contribution in [0, 0.1) is 0 Å². The van der Waals surface area contributed by atoms with Gasteiger partial charge in [-0.2, -0.15) is 0 Å². The first-order chi connectivity index (χ1) is 8.21. The van der Waals surface area contributed by atoms with Gasteiger partial charge in [-0.3, -0.25) is 4.98 Å². The highest BCUT2D eigenvalue weighted by atomic mass is 32.2. The van der Waals surface area contributed by atoms with Gasteiger partial charge < -0.3 is 0 Å². The summed E-state index contributed by atoms with van der Waals surface area (Å²) in [5, 5.41) is 0. The van der Waals surface area contributed by atoms with E-state index < -0.39 is 9.84 Å². The Bertz CT molecular complexity index is 552. The van der Waals surface area contributed by atoms with Crippen LogP contribution in [-0.4, -0.2) is 19.7 Å². The van der Waals surface area contributed by atoms with Gasteiger partial charge in [0.1, 0.15) is 0 Å². The number of aromatic nitrogens is 1. The second-order valence-electron chi connectivity index (χ2n) is 6.22. The summed E-state index contributed by atoms with van der Waals surface area (Å²) in [5.74, 6) is 0.445. The summed E-state index contributed by atoms with van der Waals surface area (Å²) in [6, 6.07) is 1.64. The molecule has 0 unspecified atom stereocenters. The Morgan fingerprint density at radius 1 is 1.28 bits per heavy atom. The van der Waals surface area contributed by atoms with Gasteiger partial charge in [0.15, 0.2) is 9.84 Å². The summed E-state index contributed by atoms with van der Waals surface area (Å²) in [5.41, 5.74) is 1.71. The summed E-state index contributed by atoms with van der Waals surface area (Å²) in [6.07, 6.45) is 6.40. The molecule has 4 heteroatoms. The van der Waals surface area contributed by atoms with Crippen LogP contribution in [0.25, 0.3) is 0 Å². The molecular formula is C14H21NO2S. The predicted octanol–water partition coefficient (Wildman–Crippen LogP) is 3.05. The topological polar surface area (TPSA) is 47.0 Å². The summed E-state index contributed by atoms with van der Waals surface area (Å²) in [7, 11) is -3.20. The summed E-state index contributed by atoms with van der Waals surface area (Å²) in [6.45, 7) is 6.17. The zero-order valence-electron chi connectivity index (χ0n) is 11.5. The Labute approximate surface area is 110 Å². The number of hydrogen-bond donors (Lipinski definition) is 0. The predicted molar refractivity (Wildman–Crippen MR) is 72.6 cm³/mol. The molecule has 1 aromatic heterocycles. The number of sulfone groups is 1. The van der Waals surface area contributed by atoms with Crippen LogP contribution in [-0.2, 0) is 15.3 Å². The maximum Gasteiger partial charge on any atom is 0.175 e. The molecule has 0 saturated heterocycles. The van der Waals surface area contributed by atoms with Crippen LogP contribution in [0.15, 0.2) is 17.2 Å². The maximum atomic E-state index is 12.0. The molecule has 0 spiro atoms. The van der Waals surface area contributed by atoms with E-state index in [-0.39, 0.29) is 5.41 Å². The number of pyridine rings is 1. The smallest absolute Gasteiger partial charge is 0.175 e. The normalized spacial score (nSPS) is 17.6. The van der Waals surface area contributed by atoms with Crippen molar-refractivity contribution in [3.63, 3.8) is 0 Å². The van der Waals surface area contributed by atoms with Crippen molar-refractivity contribution in [2.24, 2.45) is 0 Å². The third-order valence-corrected chi connectivity index (χ3v) is 4.72. The van der Waals surface area contributed by atoms with Gasteiger partial charge in [0.05, 0.1) is 4.90 Å². The van der Waals surface area contributed by atoms with Crippen LogP contribution >= 0.6 is 0 Å². The van der Waals surface area contributed by atoms with Gasteiger partial charge in [-0.1, -0.05) is 27.2 Å². The van der Waals surface area contributed by atoms with Crippen LogP contribution in [0.5, 0.6) is 0 Å². The summed E-state index contributed by atoms with van der Waals surface area (Å²) >= 11 is 0. The van der Waals surface area contributed by atoms with E-state index >= 15 is 0 Å². The van der Waals surface area contributed by atoms with E-state index in [1.54, 1.807) is 12.3 Å². The van der Waals surface area contributed by atoms with Gasteiger partial charge in [-0.15, -0.1) is 0 Å². The minimum atomic E-state index is -3.20. The Morgan fingerprint density at radius 3 is 2.28 bits per heavy atom. The van der Waals surface area contributed by atoms with Crippen LogP contribution < -0.4 is 0 Å². The zero-order chi connectivity index (χ0) is 13.6. The molecule has 2 rings (SSSR count). The standard InChI is InChI=1S/C14H21NO2S/c1-14(2,3)12-11(18(4,16)17)8-9-15-13(12)10-6-5-7-10/h8-10H,5-7H2,1-4H3. The lowest BCUT2D eigenvalue weighted by Crippen LogP contribution is -2.24. The molecule has 3 nitrogen and oxygen atoms in total. The molecule has 0 aliphatic heterocycles. The highest BCUT2D eigenvalue weighted by molar-refractivity contribution is 7.90. The van der Waals surface area contributed by atoms with E-state index in [1.807, 2.05) is 0 Å². The lowest BCUT2D eigenvalue weighted by atomic mass is 9.76. The molecule has 1 fully saturated rings. The largest absolute Gasteiger partial charge is 0.261 e. The number of hydrogen-bond acceptors (Lipinski definition) is 3. The summed E-state index contributed by atoms with van der Waals surface area (Å²) < 4.78 is 23.9. The fourth-order valence-corrected chi connectivity index (χ4v) is 3.60. The highest BCUT2D eigenvalue weighted by Gasteiger charge is 2.32. The molecule has 100 valence electrons. The van der Waals surface area contributed by atoms with E-state index in [9.17, 15) is 8.42 Å². The van der Waals surface area contributed by atoms with Gasteiger partial charge in [0.2, 0.25) is 0 Å². The third kappa shape index (κ3) is 2.44. The number of rotatable bonds is 2. The van der Waals surface area contributed by atoms with Crippen LogP contribution in [0.3, 0.4) is 0 Å². The zero-order valence-corrected chi connectivity index (χ0v) is 12.3. The van der Waals surface area contributed by atoms with Gasteiger partial charge in [0.25, 0.3) is 0 Å². The molecule has 1 aliphatic rings. The van der Waals surface area contributed by atoms with Crippen LogP contribution in [0.4, 0.5) is 0 Å². The lowest BCUT2D eigenvalue weighted by Gasteiger charge is -2.32. The molecule has 0 radical (unpaired) electrons. The van der Waals surface area contributed by atoms with Crippen molar-refractivity contribution in [1.29, 1.82) is 0 Å². The van der Waals surface area contributed by atoms with Crippen LogP contribution in [0.2, 0.25) is 0 Å². The average molecular weight is 267 g/mol. The Kier molecular flexibility index (Phi) is 3.26. The van der Waals surface area contributed by atoms with Gasteiger partial charge in [0, 0.05) is 24.1 Å². The fraction of sp³-hybridized carbons (Fsp3) is 0.643. The molecule has 1 aromatic rings. The molecule has 1 aliphatic carbocycles. The molecule has 0 aromatic carbocycles. The Balaban J connectivity index is 2.68. The molecule has 1 heterocycles. The van der Waals surface area contributed by atoms with Crippen molar-refractivity contribution in [2.45, 2.75) is 56.3 Å². The van der Waals surface area contributed by atoms with Crippen molar-refractivity contribution >= 4 is 9.84 Å². The van der Waals surface area contributed by atoms with Crippen molar-refractivity contribution in [1.82, 2.24) is 4.98 Å². The highest BCUT2D eigenvalue weighted by Crippen LogP contribution is 2.42. The number of nitrogens with zero attached hydrogens (tertiary/aromatic N) is 1. The Hall–Kier alpha value is -0.900. The SMILES string of the molecule is CC(C)(C)c1c(S(C)(=O)=O)ccnc1C1CCC1. The fourth-order valence-electron chi connectivity index (χ4n) is 2.51. The van der Waals surface area contributed by atoms with Crippen molar-refractivity contribution in [3.8, 4) is 0 Å². The molecule has 18 heavy (non-hydrogen) atoms. The molecule has 1 saturated carbocycles. The van der Waals surface area contributed by atoms with E-state index in [2.05, 4.69) is 25.8 Å². The van der Waals surface area contributed by atoms with E-state index in [4.69, 9.17) is 0 Å². The lowest BCUT2D eigenvalue weighted by molar-refractivity contribution is 0.398. The molecule has 0 bridgehead atoms. The first-order valence-corrected chi connectivity index (χ1v) is 8.30. The van der Waals surface area contributed by atoms with Crippen molar-refractivity contribution in [3.05, 3.63) is 23.5 Å². The van der Waals surface area contributed by atoms with E-state index in [0.717, 1.165) is 24.1 Å². The second-order valence-corrected chi connectivity index (χ2v) is 8.20. The van der Waals surface area contributed by atoms with Gasteiger partial charge >= 0.3 is 0 Å². The monoisotopic (exact) mass is 267 g/mol. The molecular weight excluding hydrogens is 246 g/mol. The van der Waals surface area contributed by atoms with Crippen molar-refractivity contribution < 1.29 is 8.42 Å². The first kappa shape index (κ1) is 13.5. The van der Waals surface area contributed by atoms with E-state index in [1.165, 1.54) is 12.7 Å². The third-order valence-electron chi connectivity index (χ3n) is 3.58. The van der Waals surface area contributed by atoms with E-state index in [0.29, 0.717) is 10.8 Å². The van der Waals surface area contributed by atoms with Gasteiger partial charge in [-0.05, 0) is 29.9 Å². The minimum Gasteiger partial charge on any atom is -0.261 e. The van der Waals surface area contributed by atoms with Gasteiger partial charge in [-0.25, -0.2) is 8.42 Å². The Morgan fingerprint density at radius 2 is 1.89 bits per heavy atom. The van der Waals surface area contributed by atoms with Crippen LogP contribution in [0.1, 0.15) is 57.2 Å². The van der Waals surface area contributed by atoms with Crippen molar-refractivity contribution in [2.75, 3.05) is 6.26 Å². The second kappa shape index (κ2) is 4.34. The maximum absolute atomic E-state index is 12.0. The minimum absolute atomic E-state index is 0.197. The average Bonchev–Trinajstić information content (AvgIpc) is 2.11. The first-order valence-electron chi connectivity index (χ1n) is 6.40. The molecule has 0 amide bonds. The molecule has 0 atom stereocenters. The quantitative estimate of drug-likeness (QED) is 0.827. The summed E-state index contributed by atoms with van der Waals surface area (Å²) in [4.78, 5) is 4.93. The molecule has 0 N–H and O–H groups in total.